The first-order valence-corrected chi connectivity index (χ1v) is 10.7. The highest BCUT2D eigenvalue weighted by Crippen LogP contribution is 2.40. The lowest BCUT2D eigenvalue weighted by Gasteiger charge is -2.16. The van der Waals surface area contributed by atoms with Gasteiger partial charge in [-0.2, -0.15) is 5.10 Å². The van der Waals surface area contributed by atoms with Crippen LogP contribution in [0, 0.1) is 0 Å². The number of methoxy groups -OCH3 is 2. The van der Waals surface area contributed by atoms with Crippen LogP contribution in [0.5, 0.6) is 11.5 Å². The smallest absolute Gasteiger partial charge is 0.411 e. The number of fused-ring (bicyclic) bond motifs is 2. The molecule has 0 aliphatic carbocycles. The lowest BCUT2D eigenvalue weighted by molar-refractivity contribution is 0.209. The second-order valence-corrected chi connectivity index (χ2v) is 7.85. The third-order valence-electron chi connectivity index (χ3n) is 5.70. The number of H-pyrrole nitrogens is 2. The second kappa shape index (κ2) is 8.82. The molecule has 0 spiro atoms. The summed E-state index contributed by atoms with van der Waals surface area (Å²) in [4.78, 5) is 30.4. The Balaban J connectivity index is 1.61. The molecule has 176 valence electrons. The molecular weight excluding hydrogens is 450 g/mol. The van der Waals surface area contributed by atoms with Crippen molar-refractivity contribution in [1.82, 2.24) is 20.2 Å². The molecule has 5 rings (SSSR count). The molecule has 0 saturated carbocycles. The number of nitrogens with one attached hydrogen (secondary N) is 3. The van der Waals surface area contributed by atoms with Crippen LogP contribution in [0.3, 0.4) is 0 Å². The molecular formula is C25H21N5O5. The monoisotopic (exact) mass is 471 g/mol. The zero-order chi connectivity index (χ0) is 24.5. The second-order valence-electron chi connectivity index (χ2n) is 7.85. The molecule has 2 aromatic heterocycles. The molecule has 0 aliphatic rings. The lowest BCUT2D eigenvalue weighted by atomic mass is 9.97. The first-order valence-electron chi connectivity index (χ1n) is 10.7. The van der Waals surface area contributed by atoms with Crippen molar-refractivity contribution in [3.63, 3.8) is 0 Å². The molecule has 10 nitrogen and oxygen atoms in total. The van der Waals surface area contributed by atoms with Crippen molar-refractivity contribution >= 4 is 33.8 Å². The van der Waals surface area contributed by atoms with E-state index >= 15 is 0 Å². The van der Waals surface area contributed by atoms with Gasteiger partial charge in [-0.1, -0.05) is 24.3 Å². The van der Waals surface area contributed by atoms with Crippen LogP contribution in [0.1, 0.15) is 11.3 Å². The molecule has 35 heavy (non-hydrogen) atoms. The summed E-state index contributed by atoms with van der Waals surface area (Å²) in [6.07, 6.45) is -0.756. The Labute approximate surface area is 198 Å². The van der Waals surface area contributed by atoms with Gasteiger partial charge in [-0.25, -0.2) is 14.9 Å². The minimum atomic E-state index is -1.20. The number of ether oxygens (including phenoxy) is 2. The van der Waals surface area contributed by atoms with Gasteiger partial charge in [0.1, 0.15) is 0 Å². The van der Waals surface area contributed by atoms with Crippen molar-refractivity contribution in [3.05, 3.63) is 76.2 Å². The van der Waals surface area contributed by atoms with Gasteiger partial charge >= 0.3 is 6.09 Å². The van der Waals surface area contributed by atoms with E-state index < -0.39 is 6.09 Å². The average Bonchev–Trinajstić information content (AvgIpc) is 3.26. The van der Waals surface area contributed by atoms with E-state index in [-0.39, 0.29) is 11.5 Å². The number of carbonyl (C=O) groups is 1. The van der Waals surface area contributed by atoms with E-state index in [2.05, 4.69) is 25.5 Å². The Hall–Kier alpha value is -4.86. The van der Waals surface area contributed by atoms with Crippen molar-refractivity contribution in [2.75, 3.05) is 19.5 Å². The van der Waals surface area contributed by atoms with Gasteiger partial charge < -0.3 is 19.6 Å². The predicted octanol–water partition coefficient (Wildman–Crippen LogP) is 4.16. The van der Waals surface area contributed by atoms with Crippen LogP contribution < -0.4 is 20.3 Å². The highest BCUT2D eigenvalue weighted by Gasteiger charge is 2.17. The van der Waals surface area contributed by atoms with Crippen molar-refractivity contribution in [2.24, 2.45) is 0 Å². The van der Waals surface area contributed by atoms with Crippen molar-refractivity contribution in [3.8, 4) is 22.6 Å². The highest BCUT2D eigenvalue weighted by atomic mass is 16.5. The van der Waals surface area contributed by atoms with Gasteiger partial charge in [0.2, 0.25) is 5.95 Å². The first kappa shape index (κ1) is 22.0. The van der Waals surface area contributed by atoms with E-state index in [9.17, 15) is 9.59 Å². The Kier molecular flexibility index (Phi) is 5.54. The first-order chi connectivity index (χ1) is 17.0. The van der Waals surface area contributed by atoms with Crippen LogP contribution in [-0.4, -0.2) is 45.6 Å². The SMILES string of the molecule is COc1cc(Cc2n[nH]c(=O)c3ccccc23)cc(-c2ccc3[nH]c(NC(=O)O)nc3c2)c1OC. The number of nitrogens with zero attached hydrogens (tertiary/aromatic N) is 2. The van der Waals surface area contributed by atoms with Crippen molar-refractivity contribution in [2.45, 2.75) is 6.42 Å². The molecule has 0 fully saturated rings. The fourth-order valence-electron chi connectivity index (χ4n) is 4.17. The van der Waals surface area contributed by atoms with E-state index in [0.29, 0.717) is 34.3 Å². The Bertz CT molecular complexity index is 1640. The third kappa shape index (κ3) is 4.12. The van der Waals surface area contributed by atoms with E-state index in [1.807, 2.05) is 48.5 Å². The fraction of sp³-hybridized carbons (Fsp3) is 0.120. The van der Waals surface area contributed by atoms with E-state index in [4.69, 9.17) is 14.6 Å². The van der Waals surface area contributed by atoms with Crippen molar-refractivity contribution < 1.29 is 19.4 Å². The summed E-state index contributed by atoms with van der Waals surface area (Å²) in [7, 11) is 3.14. The van der Waals surface area contributed by atoms with E-state index in [1.165, 1.54) is 0 Å². The van der Waals surface area contributed by atoms with Crippen LogP contribution in [0.2, 0.25) is 0 Å². The van der Waals surface area contributed by atoms with Gasteiger partial charge in [0.25, 0.3) is 5.56 Å². The van der Waals surface area contributed by atoms with Crippen LogP contribution in [0.15, 0.2) is 59.4 Å². The molecule has 5 aromatic rings. The number of imidazole rings is 1. The fourth-order valence-corrected chi connectivity index (χ4v) is 4.17. The number of aromatic nitrogens is 4. The lowest BCUT2D eigenvalue weighted by Crippen LogP contribution is -2.11. The number of aromatic amines is 2. The van der Waals surface area contributed by atoms with Crippen LogP contribution in [-0.2, 0) is 6.42 Å². The van der Waals surface area contributed by atoms with Gasteiger partial charge in [-0.15, -0.1) is 0 Å². The standard InChI is InChI=1S/C25H21N5O5/c1-34-21-11-13(10-19-15-5-3-4-6-16(15)23(31)30-29-19)9-17(22(21)35-2)14-7-8-18-20(12-14)27-24(26-18)28-25(32)33/h3-9,11-12H,10H2,1-2H3,(H,30,31)(H,32,33)(H2,26,27,28). The summed E-state index contributed by atoms with van der Waals surface area (Å²) in [6.45, 7) is 0. The number of anilines is 1. The summed E-state index contributed by atoms with van der Waals surface area (Å²) in [5.41, 5.74) is 4.24. The van der Waals surface area contributed by atoms with Crippen LogP contribution >= 0.6 is 0 Å². The Morgan fingerprint density at radius 1 is 1.06 bits per heavy atom. The molecule has 4 N–H and O–H groups in total. The zero-order valence-corrected chi connectivity index (χ0v) is 18.9. The number of benzene rings is 3. The summed E-state index contributed by atoms with van der Waals surface area (Å²) < 4.78 is 11.3. The maximum atomic E-state index is 12.2. The number of hydrogen-bond donors (Lipinski definition) is 4. The van der Waals surface area contributed by atoms with E-state index in [0.717, 1.165) is 27.8 Å². The number of hydrogen-bond acceptors (Lipinski definition) is 6. The predicted molar refractivity (Wildman–Crippen MR) is 131 cm³/mol. The summed E-state index contributed by atoms with van der Waals surface area (Å²) >= 11 is 0. The Morgan fingerprint density at radius 2 is 1.86 bits per heavy atom. The molecule has 1 amide bonds. The molecule has 0 saturated heterocycles. The summed E-state index contributed by atoms with van der Waals surface area (Å²) in [5.74, 6) is 1.23. The quantitative estimate of drug-likeness (QED) is 0.291. The molecule has 0 aliphatic heterocycles. The summed E-state index contributed by atoms with van der Waals surface area (Å²) in [6, 6.07) is 16.7. The van der Waals surface area contributed by atoms with Gasteiger partial charge in [0.15, 0.2) is 11.5 Å². The third-order valence-corrected chi connectivity index (χ3v) is 5.70. The van der Waals surface area contributed by atoms with Gasteiger partial charge in [-0.05, 0) is 41.5 Å². The van der Waals surface area contributed by atoms with Crippen molar-refractivity contribution in [1.29, 1.82) is 0 Å². The number of amides is 1. The summed E-state index contributed by atoms with van der Waals surface area (Å²) in [5, 5.41) is 19.4. The minimum absolute atomic E-state index is 0.138. The topological polar surface area (TPSA) is 142 Å². The zero-order valence-electron chi connectivity index (χ0n) is 18.9. The van der Waals surface area contributed by atoms with Crippen LogP contribution in [0.4, 0.5) is 10.7 Å². The molecule has 0 atom stereocenters. The van der Waals surface area contributed by atoms with Gasteiger partial charge in [-0.3, -0.25) is 10.1 Å². The number of carboxylic acid groups (broad SMARTS) is 1. The molecule has 10 heteroatoms. The highest BCUT2D eigenvalue weighted by molar-refractivity contribution is 5.89. The maximum absolute atomic E-state index is 12.2. The molecule has 2 heterocycles. The molecule has 0 unspecified atom stereocenters. The van der Waals surface area contributed by atoms with E-state index in [1.54, 1.807) is 20.3 Å². The van der Waals surface area contributed by atoms with Gasteiger partial charge in [0, 0.05) is 17.4 Å². The number of rotatable bonds is 6. The minimum Gasteiger partial charge on any atom is -0.493 e. The average molecular weight is 471 g/mol. The molecule has 3 aromatic carbocycles. The normalized spacial score (nSPS) is 11.0. The Morgan fingerprint density at radius 3 is 2.60 bits per heavy atom. The maximum Gasteiger partial charge on any atom is 0.411 e. The molecule has 0 radical (unpaired) electrons. The largest absolute Gasteiger partial charge is 0.493 e. The van der Waals surface area contributed by atoms with Crippen LogP contribution in [0.25, 0.3) is 32.9 Å². The molecule has 0 bridgehead atoms. The van der Waals surface area contributed by atoms with Gasteiger partial charge in [0.05, 0.1) is 36.3 Å².